The SMILES string of the molecule is CC(C)(C)[Si](C)(C)O[C@@]1(C)CC[C@H]2O[C@@H](C[C@H]3O[C@H](CCCOCc4ccccc4)C[C@H](OCc4ccccc4)[C@@H]3OCc3ccc4ccccc4c3)C(O)CC[C@@H]2O[C@@H]1CCCOCc1c(Cl)cc(Cl)cc1Cl. The van der Waals surface area contributed by atoms with Crippen molar-refractivity contribution < 1.29 is 42.7 Å². The lowest BCUT2D eigenvalue weighted by Gasteiger charge is -2.47. The van der Waals surface area contributed by atoms with Crippen LogP contribution in [-0.4, -0.2) is 87.2 Å². The topological polar surface area (TPSA) is 94.1 Å². The highest BCUT2D eigenvalue weighted by Crippen LogP contribution is 2.45. The van der Waals surface area contributed by atoms with E-state index in [1.807, 2.05) is 36.4 Å². The van der Waals surface area contributed by atoms with Crippen LogP contribution in [0.15, 0.2) is 115 Å². The van der Waals surface area contributed by atoms with Gasteiger partial charge in [0.05, 0.1) is 80.9 Å². The minimum Gasteiger partial charge on any atom is -0.409 e. The Bertz CT molecular complexity index is 2490. The van der Waals surface area contributed by atoms with Crippen molar-refractivity contribution in [2.24, 2.45) is 0 Å². The summed E-state index contributed by atoms with van der Waals surface area (Å²) in [4.78, 5) is 0. The summed E-state index contributed by atoms with van der Waals surface area (Å²) in [5.74, 6) is 0. The summed E-state index contributed by atoms with van der Waals surface area (Å²) in [6, 6.07) is 38.8. The van der Waals surface area contributed by atoms with Crippen LogP contribution in [0.4, 0.5) is 0 Å². The molecule has 0 amide bonds. The van der Waals surface area contributed by atoms with Gasteiger partial charge in [-0.1, -0.05) is 153 Å². The predicted octanol–water partition coefficient (Wildman–Crippen LogP) is 15.0. The molecule has 5 aromatic rings. The molecule has 3 saturated heterocycles. The first-order valence-electron chi connectivity index (χ1n) is 27.0. The molecular weight excluding hydrogens is 1010 g/mol. The van der Waals surface area contributed by atoms with Crippen LogP contribution < -0.4 is 0 Å². The molecule has 3 fully saturated rings. The zero-order valence-electron chi connectivity index (χ0n) is 44.3. The molecule has 10 atom stereocenters. The van der Waals surface area contributed by atoms with E-state index in [0.717, 1.165) is 66.2 Å². The van der Waals surface area contributed by atoms with Crippen LogP contribution >= 0.6 is 34.8 Å². The molecule has 0 aromatic heterocycles. The zero-order chi connectivity index (χ0) is 52.3. The van der Waals surface area contributed by atoms with Gasteiger partial charge in [0.15, 0.2) is 8.32 Å². The van der Waals surface area contributed by atoms with E-state index in [4.69, 9.17) is 72.4 Å². The minimum atomic E-state index is -2.27. The third kappa shape index (κ3) is 15.6. The monoisotopic (exact) mass is 1090 g/mol. The van der Waals surface area contributed by atoms with E-state index in [1.165, 1.54) is 5.39 Å². The fraction of sp³-hybridized carbons (Fsp3) is 0.541. The number of aliphatic hydroxyl groups is 1. The molecule has 8 rings (SSSR count). The van der Waals surface area contributed by atoms with Gasteiger partial charge in [-0.05, 0) is 122 Å². The Morgan fingerprint density at radius 3 is 1.97 bits per heavy atom. The summed E-state index contributed by atoms with van der Waals surface area (Å²) >= 11 is 19.2. The van der Waals surface area contributed by atoms with Crippen molar-refractivity contribution in [2.75, 3.05) is 13.2 Å². The Hall–Kier alpha value is -2.91. The summed E-state index contributed by atoms with van der Waals surface area (Å²) in [7, 11) is -2.27. The average molecular weight is 1090 g/mol. The Labute approximate surface area is 456 Å². The van der Waals surface area contributed by atoms with Crippen LogP contribution in [0.25, 0.3) is 10.8 Å². The Kier molecular flexibility index (Phi) is 20.6. The molecule has 3 aliphatic heterocycles. The lowest BCUT2D eigenvalue weighted by molar-refractivity contribution is -0.223. The molecule has 0 bridgehead atoms. The maximum atomic E-state index is 12.1. The summed E-state index contributed by atoms with van der Waals surface area (Å²) < 4.78 is 55.3. The largest absolute Gasteiger partial charge is 0.409 e. The maximum absolute atomic E-state index is 12.1. The molecule has 74 heavy (non-hydrogen) atoms. The van der Waals surface area contributed by atoms with Gasteiger partial charge in [-0.15, -0.1) is 0 Å². The van der Waals surface area contributed by atoms with E-state index in [1.54, 1.807) is 12.1 Å². The number of hydrogen-bond acceptors (Lipinski definition) is 9. The lowest BCUT2D eigenvalue weighted by atomic mass is 9.90. The van der Waals surface area contributed by atoms with Crippen molar-refractivity contribution >= 4 is 53.9 Å². The quantitative estimate of drug-likeness (QED) is 0.0537. The highest BCUT2D eigenvalue weighted by molar-refractivity contribution is 6.74. The minimum absolute atomic E-state index is 0.00828. The van der Waals surface area contributed by atoms with Crippen LogP contribution in [0.3, 0.4) is 0 Å². The molecule has 13 heteroatoms. The van der Waals surface area contributed by atoms with E-state index >= 15 is 0 Å². The maximum Gasteiger partial charge on any atom is 0.192 e. The van der Waals surface area contributed by atoms with Crippen molar-refractivity contribution in [3.8, 4) is 0 Å². The molecule has 3 aliphatic rings. The van der Waals surface area contributed by atoms with Crippen LogP contribution in [0, 0.1) is 0 Å². The molecule has 402 valence electrons. The molecule has 0 spiro atoms. The van der Waals surface area contributed by atoms with Gasteiger partial charge in [0.1, 0.15) is 6.10 Å². The Morgan fingerprint density at radius 2 is 1.27 bits per heavy atom. The molecular formula is C61H79Cl3O9Si. The van der Waals surface area contributed by atoms with E-state index in [-0.39, 0.29) is 42.2 Å². The van der Waals surface area contributed by atoms with Crippen molar-refractivity contribution in [2.45, 2.75) is 197 Å². The van der Waals surface area contributed by atoms with Gasteiger partial charge in [-0.25, -0.2) is 0 Å². The first-order valence-corrected chi connectivity index (χ1v) is 31.0. The highest BCUT2D eigenvalue weighted by atomic mass is 35.5. The Morgan fingerprint density at radius 1 is 0.649 bits per heavy atom. The van der Waals surface area contributed by atoms with Crippen LogP contribution in [-0.2, 0) is 64.0 Å². The first-order chi connectivity index (χ1) is 35.5. The van der Waals surface area contributed by atoms with Crippen molar-refractivity contribution in [3.05, 3.63) is 153 Å². The molecule has 5 aromatic carbocycles. The van der Waals surface area contributed by atoms with E-state index < -0.39 is 38.3 Å². The third-order valence-electron chi connectivity index (χ3n) is 15.8. The average Bonchev–Trinajstić information content (AvgIpc) is 3.59. The van der Waals surface area contributed by atoms with Gasteiger partial charge in [0.2, 0.25) is 0 Å². The van der Waals surface area contributed by atoms with Crippen LogP contribution in [0.1, 0.15) is 114 Å². The molecule has 1 unspecified atom stereocenters. The van der Waals surface area contributed by atoms with Gasteiger partial charge in [0, 0.05) is 46.7 Å². The second-order valence-electron chi connectivity index (χ2n) is 22.5. The standard InChI is InChI=1S/C61H79Cl3O9Si/c1-60(2,3)74(5,6)73-61(4)30-29-54-53(72-58(61)24-16-32-67-41-49-50(63)34-47(62)35-51(49)64)28-27-52(65)55(71-54)37-57-59(69-40-44-25-26-45-21-13-14-22-46(45)33-44)56(68-39-43-19-11-8-12-20-43)36-48(70-57)23-15-31-66-38-42-17-9-7-10-18-42/h7-14,17-22,25-26,33-35,48,52-59,65H,15-16,23-24,27-32,36-41H2,1-6H3/t48-,52?,53+,54-,55+,56+,57-,58-,59+,61+/m1/s1. The van der Waals surface area contributed by atoms with E-state index in [2.05, 4.69) is 108 Å². The van der Waals surface area contributed by atoms with E-state index in [9.17, 15) is 5.11 Å². The molecule has 9 nitrogen and oxygen atoms in total. The molecule has 0 aliphatic carbocycles. The number of aliphatic hydroxyl groups excluding tert-OH is 1. The third-order valence-corrected chi connectivity index (χ3v) is 21.3. The predicted molar refractivity (Wildman–Crippen MR) is 300 cm³/mol. The molecule has 3 heterocycles. The van der Waals surface area contributed by atoms with Gasteiger partial charge >= 0.3 is 0 Å². The van der Waals surface area contributed by atoms with Crippen LogP contribution in [0.2, 0.25) is 33.2 Å². The van der Waals surface area contributed by atoms with Crippen LogP contribution in [0.5, 0.6) is 0 Å². The summed E-state index contributed by atoms with van der Waals surface area (Å²) in [5, 5.41) is 15.9. The first kappa shape index (κ1) is 57.3. The fourth-order valence-electron chi connectivity index (χ4n) is 10.6. The number of ether oxygens (including phenoxy) is 7. The van der Waals surface area contributed by atoms with Crippen molar-refractivity contribution in [3.63, 3.8) is 0 Å². The van der Waals surface area contributed by atoms with Gasteiger partial charge in [-0.3, -0.25) is 0 Å². The number of fused-ring (bicyclic) bond motifs is 2. The Balaban J connectivity index is 1.01. The molecule has 0 saturated carbocycles. The second kappa shape index (κ2) is 26.6. The number of benzene rings is 5. The van der Waals surface area contributed by atoms with Gasteiger partial charge in [-0.2, -0.15) is 0 Å². The zero-order valence-corrected chi connectivity index (χ0v) is 47.6. The summed E-state index contributed by atoms with van der Waals surface area (Å²) in [6.07, 6.45) is 3.56. The lowest BCUT2D eigenvalue weighted by Crippen LogP contribution is -2.54. The molecule has 0 radical (unpaired) electrons. The van der Waals surface area contributed by atoms with Gasteiger partial charge in [0.25, 0.3) is 0 Å². The molecule has 1 N–H and O–H groups in total. The van der Waals surface area contributed by atoms with Crippen molar-refractivity contribution in [1.29, 1.82) is 0 Å². The summed E-state index contributed by atoms with van der Waals surface area (Å²) in [6.45, 7) is 16.5. The van der Waals surface area contributed by atoms with Crippen molar-refractivity contribution in [1.82, 2.24) is 0 Å². The van der Waals surface area contributed by atoms with Gasteiger partial charge < -0.3 is 42.7 Å². The second-order valence-corrected chi connectivity index (χ2v) is 28.5. The summed E-state index contributed by atoms with van der Waals surface area (Å²) in [5.41, 5.74) is 3.47. The normalized spacial score (nSPS) is 26.9. The number of rotatable bonds is 22. The number of halogens is 3. The smallest absolute Gasteiger partial charge is 0.192 e. The highest BCUT2D eigenvalue weighted by Gasteiger charge is 2.51. The van der Waals surface area contributed by atoms with E-state index in [0.29, 0.717) is 73.8 Å². The number of hydrogen-bond donors (Lipinski definition) is 1. The fourth-order valence-corrected chi connectivity index (χ4v) is 13.3.